The third kappa shape index (κ3) is 3.46. The van der Waals surface area contributed by atoms with Crippen molar-refractivity contribution in [1.29, 1.82) is 0 Å². The van der Waals surface area contributed by atoms with E-state index in [2.05, 4.69) is 0 Å². The van der Waals surface area contributed by atoms with Crippen LogP contribution in [-0.2, 0) is 13.6 Å². The molecule has 0 amide bonds. The quantitative estimate of drug-likeness (QED) is 0.688. The van der Waals surface area contributed by atoms with E-state index < -0.39 is 13.4 Å². The first-order valence-corrected chi connectivity index (χ1v) is 7.21. The van der Waals surface area contributed by atoms with Crippen molar-refractivity contribution in [2.75, 3.05) is 13.2 Å². The van der Waals surface area contributed by atoms with Gasteiger partial charge in [-0.3, -0.25) is 4.57 Å². The third-order valence-corrected chi connectivity index (χ3v) is 4.44. The molecule has 4 N–H and O–H groups in total. The van der Waals surface area contributed by atoms with Crippen LogP contribution in [0.15, 0.2) is 18.2 Å². The van der Waals surface area contributed by atoms with Crippen LogP contribution < -0.4 is 5.73 Å². The average Bonchev–Trinajstić information content (AvgIpc) is 2.27. The molecule has 18 heavy (non-hydrogen) atoms. The molecule has 0 aromatic heterocycles. The monoisotopic (exact) mass is 275 g/mol. The van der Waals surface area contributed by atoms with Gasteiger partial charge in [-0.15, -0.1) is 0 Å². The molecule has 1 aromatic rings. The van der Waals surface area contributed by atoms with Crippen molar-refractivity contribution in [2.24, 2.45) is 5.73 Å². The van der Waals surface area contributed by atoms with Gasteiger partial charge < -0.3 is 25.0 Å². The van der Waals surface area contributed by atoms with E-state index >= 15 is 0 Å². The second kappa shape index (κ2) is 6.20. The predicted octanol–water partition coefficient (Wildman–Crippen LogP) is 2.32. The molecular weight excluding hydrogens is 257 g/mol. The van der Waals surface area contributed by atoms with Gasteiger partial charge >= 0.3 is 7.60 Å². The largest absolute Gasteiger partial charge is 0.508 e. The third-order valence-electron chi connectivity index (χ3n) is 2.23. The van der Waals surface area contributed by atoms with Crippen molar-refractivity contribution in [3.8, 4) is 11.5 Å². The van der Waals surface area contributed by atoms with Crippen LogP contribution in [0, 0.1) is 0 Å². The summed E-state index contributed by atoms with van der Waals surface area (Å²) in [5, 5.41) is 18.8. The van der Waals surface area contributed by atoms with Crippen molar-refractivity contribution in [1.82, 2.24) is 0 Å². The molecule has 0 bridgehead atoms. The zero-order valence-electron chi connectivity index (χ0n) is 10.4. The van der Waals surface area contributed by atoms with Crippen molar-refractivity contribution >= 4 is 7.60 Å². The Kier molecular flexibility index (Phi) is 5.16. The number of rotatable bonds is 6. The summed E-state index contributed by atoms with van der Waals surface area (Å²) in [5.74, 6) is -1.39. The summed E-state index contributed by atoms with van der Waals surface area (Å²) in [6.07, 6.45) is 0. The number of nitrogens with two attached hydrogens (primary N) is 1. The summed E-state index contributed by atoms with van der Waals surface area (Å²) in [6.45, 7) is 3.74. The molecule has 0 fully saturated rings. The summed E-state index contributed by atoms with van der Waals surface area (Å²) >= 11 is 0. The fourth-order valence-electron chi connectivity index (χ4n) is 1.53. The molecule has 1 rings (SSSR count). The number of hydrogen-bond acceptors (Lipinski definition) is 6. The van der Waals surface area contributed by atoms with E-state index in [9.17, 15) is 14.8 Å². The molecule has 0 aliphatic rings. The Morgan fingerprint density at radius 1 is 1.17 bits per heavy atom. The van der Waals surface area contributed by atoms with E-state index in [0.29, 0.717) is 0 Å². The highest BCUT2D eigenvalue weighted by Crippen LogP contribution is 2.58. The molecule has 0 radical (unpaired) electrons. The standard InChI is InChI=1S/C11H18NO5P/c1-3-16-18(15,17-4-2)11(12)8-5-9(13)7-10(14)6-8/h5-7,11,13-14H,3-4,12H2,1-2H3/t11-/m1/s1. The van der Waals surface area contributed by atoms with Gasteiger partial charge in [0.2, 0.25) is 0 Å². The van der Waals surface area contributed by atoms with Crippen LogP contribution in [0.2, 0.25) is 0 Å². The van der Waals surface area contributed by atoms with Crippen molar-refractivity contribution in [2.45, 2.75) is 19.6 Å². The molecule has 102 valence electrons. The molecule has 1 atom stereocenters. The molecule has 1 aromatic carbocycles. The molecule has 0 unspecified atom stereocenters. The predicted molar refractivity (Wildman–Crippen MR) is 67.6 cm³/mol. The number of phenolic OH excluding ortho intramolecular Hbond substituents is 2. The van der Waals surface area contributed by atoms with Crippen molar-refractivity contribution < 1.29 is 23.8 Å². The summed E-state index contributed by atoms with van der Waals surface area (Å²) in [7, 11) is -3.52. The number of phenols is 2. The highest BCUT2D eigenvalue weighted by molar-refractivity contribution is 7.54. The van der Waals surface area contributed by atoms with Crippen LogP contribution >= 0.6 is 7.60 Å². The van der Waals surface area contributed by atoms with E-state index in [1.165, 1.54) is 12.1 Å². The highest BCUT2D eigenvalue weighted by atomic mass is 31.2. The molecule has 7 heteroatoms. The minimum Gasteiger partial charge on any atom is -0.508 e. The normalized spacial score (nSPS) is 13.5. The van der Waals surface area contributed by atoms with Crippen LogP contribution in [-0.4, -0.2) is 23.4 Å². The first-order valence-electron chi connectivity index (χ1n) is 5.60. The van der Waals surface area contributed by atoms with Gasteiger partial charge in [0.05, 0.1) is 13.2 Å². The fraction of sp³-hybridized carbons (Fsp3) is 0.455. The van der Waals surface area contributed by atoms with Crippen LogP contribution in [0.25, 0.3) is 0 Å². The first kappa shape index (κ1) is 15.0. The Hall–Kier alpha value is -1.07. The topological polar surface area (TPSA) is 102 Å². The van der Waals surface area contributed by atoms with Gasteiger partial charge in [-0.1, -0.05) is 0 Å². The lowest BCUT2D eigenvalue weighted by Gasteiger charge is -2.23. The fourth-order valence-corrected chi connectivity index (χ4v) is 3.16. The molecule has 0 saturated heterocycles. The smallest absolute Gasteiger partial charge is 0.351 e. The SMILES string of the molecule is CCOP(=O)(OCC)[C@@H](N)c1cc(O)cc(O)c1. The zero-order chi connectivity index (χ0) is 13.8. The Morgan fingerprint density at radius 2 is 1.61 bits per heavy atom. The van der Waals surface area contributed by atoms with Crippen molar-refractivity contribution in [3.05, 3.63) is 23.8 Å². The summed E-state index contributed by atoms with van der Waals surface area (Å²) in [4.78, 5) is 0. The summed E-state index contributed by atoms with van der Waals surface area (Å²) < 4.78 is 22.6. The van der Waals surface area contributed by atoms with Crippen molar-refractivity contribution in [3.63, 3.8) is 0 Å². The van der Waals surface area contributed by atoms with Gasteiger partial charge in [0.25, 0.3) is 0 Å². The maximum absolute atomic E-state index is 12.4. The van der Waals surface area contributed by atoms with Crippen LogP contribution in [0.1, 0.15) is 25.2 Å². The molecule has 0 aliphatic heterocycles. The summed E-state index contributed by atoms with van der Waals surface area (Å²) in [5.41, 5.74) is 6.14. The van der Waals surface area contributed by atoms with Gasteiger partial charge in [-0.25, -0.2) is 0 Å². The van der Waals surface area contributed by atoms with E-state index in [0.717, 1.165) is 6.07 Å². The van der Waals surface area contributed by atoms with E-state index in [1.54, 1.807) is 13.8 Å². The second-order valence-corrected chi connectivity index (χ2v) is 5.76. The Balaban J connectivity index is 3.09. The molecule has 0 heterocycles. The average molecular weight is 275 g/mol. The van der Waals surface area contributed by atoms with E-state index in [-0.39, 0.29) is 30.3 Å². The first-order chi connectivity index (χ1) is 8.42. The maximum Gasteiger partial charge on any atom is 0.351 e. The number of hydrogen-bond donors (Lipinski definition) is 3. The lowest BCUT2D eigenvalue weighted by Crippen LogP contribution is -2.15. The molecular formula is C11H18NO5P. The van der Waals surface area contributed by atoms with Gasteiger partial charge in [0.1, 0.15) is 17.3 Å². The second-order valence-electron chi connectivity index (χ2n) is 3.60. The highest BCUT2D eigenvalue weighted by Gasteiger charge is 2.34. The van der Waals surface area contributed by atoms with Crippen LogP contribution in [0.5, 0.6) is 11.5 Å². The van der Waals surface area contributed by atoms with Gasteiger partial charge in [0, 0.05) is 6.07 Å². The molecule has 0 spiro atoms. The Labute approximate surface area is 106 Å². The van der Waals surface area contributed by atoms with Crippen LogP contribution in [0.4, 0.5) is 0 Å². The number of benzene rings is 1. The van der Waals surface area contributed by atoms with Crippen LogP contribution in [0.3, 0.4) is 0 Å². The van der Waals surface area contributed by atoms with E-state index in [1.807, 2.05) is 0 Å². The maximum atomic E-state index is 12.4. The minimum absolute atomic E-state index is 0.167. The van der Waals surface area contributed by atoms with Gasteiger partial charge in [0.15, 0.2) is 0 Å². The lowest BCUT2D eigenvalue weighted by molar-refractivity contribution is 0.212. The Morgan fingerprint density at radius 3 is 2.00 bits per heavy atom. The molecule has 6 nitrogen and oxygen atoms in total. The Bertz CT molecular complexity index is 421. The molecule has 0 saturated carbocycles. The summed E-state index contributed by atoms with van der Waals surface area (Å²) in [6, 6.07) is 3.78. The number of aromatic hydroxyl groups is 2. The van der Waals surface area contributed by atoms with Gasteiger partial charge in [-0.05, 0) is 31.5 Å². The lowest BCUT2D eigenvalue weighted by atomic mass is 10.2. The zero-order valence-corrected chi connectivity index (χ0v) is 11.3. The van der Waals surface area contributed by atoms with Gasteiger partial charge in [-0.2, -0.15) is 0 Å². The van der Waals surface area contributed by atoms with E-state index in [4.69, 9.17) is 14.8 Å². The molecule has 0 aliphatic carbocycles. The minimum atomic E-state index is -3.52.